The van der Waals surface area contributed by atoms with E-state index in [-0.39, 0.29) is 24.8 Å². The van der Waals surface area contributed by atoms with Gasteiger partial charge in [-0.1, -0.05) is 56.3 Å². The van der Waals surface area contributed by atoms with E-state index in [0.717, 1.165) is 6.42 Å². The molecule has 136 valence electrons. The first-order valence-electron chi connectivity index (χ1n) is 8.63. The quantitative estimate of drug-likeness (QED) is 0.583. The van der Waals surface area contributed by atoms with Crippen LogP contribution in [0, 0.1) is 0 Å². The van der Waals surface area contributed by atoms with Crippen LogP contribution in [0.25, 0.3) is 0 Å². The molecule has 2 aromatic carbocycles. The van der Waals surface area contributed by atoms with Gasteiger partial charge in [-0.15, -0.1) is 0 Å². The summed E-state index contributed by atoms with van der Waals surface area (Å²) >= 11 is 0. The Bertz CT molecular complexity index is 753. The van der Waals surface area contributed by atoms with Gasteiger partial charge >= 0.3 is 5.97 Å². The second-order valence-electron chi connectivity index (χ2n) is 6.06. The molecule has 0 fully saturated rings. The molecule has 0 aliphatic heterocycles. The normalized spacial score (nSPS) is 11.5. The lowest BCUT2D eigenvalue weighted by molar-refractivity contribution is -0.141. The summed E-state index contributed by atoms with van der Waals surface area (Å²) in [5.41, 5.74) is 2.13. The van der Waals surface area contributed by atoms with Crippen molar-refractivity contribution in [3.05, 3.63) is 71.3 Å². The molecular weight excluding hydrogens is 330 g/mol. The number of carbonyl (C=O) groups excluding carboxylic acids is 3. The van der Waals surface area contributed by atoms with Crippen LogP contribution in [0.1, 0.15) is 52.5 Å². The third-order valence-electron chi connectivity index (χ3n) is 4.21. The molecule has 0 spiro atoms. The molecule has 0 aromatic heterocycles. The highest BCUT2D eigenvalue weighted by Crippen LogP contribution is 2.18. The van der Waals surface area contributed by atoms with Crippen LogP contribution in [0.5, 0.6) is 0 Å². The summed E-state index contributed by atoms with van der Waals surface area (Å²) < 4.78 is 4.94. The van der Waals surface area contributed by atoms with E-state index in [1.54, 1.807) is 42.5 Å². The molecule has 0 aliphatic rings. The van der Waals surface area contributed by atoms with Gasteiger partial charge in [-0.3, -0.25) is 14.4 Å². The summed E-state index contributed by atoms with van der Waals surface area (Å²) in [6, 6.07) is 15.9. The van der Waals surface area contributed by atoms with E-state index in [2.05, 4.69) is 19.2 Å². The lowest BCUT2D eigenvalue weighted by Gasteiger charge is -2.10. The molecule has 0 heterocycles. The molecule has 0 saturated carbocycles. The van der Waals surface area contributed by atoms with Crippen molar-refractivity contribution in [1.82, 2.24) is 5.32 Å². The van der Waals surface area contributed by atoms with Gasteiger partial charge < -0.3 is 10.1 Å². The predicted octanol–water partition coefficient (Wildman–Crippen LogP) is 3.36. The number of amides is 1. The minimum absolute atomic E-state index is 0.275. The summed E-state index contributed by atoms with van der Waals surface area (Å²) in [5, 5.41) is 2.46. The van der Waals surface area contributed by atoms with E-state index >= 15 is 0 Å². The summed E-state index contributed by atoms with van der Waals surface area (Å²) in [6.07, 6.45) is 1.03. The maximum absolute atomic E-state index is 12.1. The minimum atomic E-state index is -0.654. The average molecular weight is 353 g/mol. The van der Waals surface area contributed by atoms with Gasteiger partial charge in [0, 0.05) is 11.1 Å². The Morgan fingerprint density at radius 1 is 0.962 bits per heavy atom. The van der Waals surface area contributed by atoms with Crippen LogP contribution in [-0.4, -0.2) is 30.8 Å². The van der Waals surface area contributed by atoms with Crippen molar-refractivity contribution in [3.8, 4) is 0 Å². The smallest absolute Gasteiger partial charge is 0.325 e. The predicted molar refractivity (Wildman–Crippen MR) is 99.2 cm³/mol. The Balaban J connectivity index is 1.78. The first kappa shape index (κ1) is 19.4. The Hall–Kier alpha value is -2.95. The van der Waals surface area contributed by atoms with Gasteiger partial charge in [0.15, 0.2) is 12.4 Å². The van der Waals surface area contributed by atoms with Gasteiger partial charge in [-0.25, -0.2) is 0 Å². The zero-order valence-electron chi connectivity index (χ0n) is 15.0. The lowest BCUT2D eigenvalue weighted by atomic mass is 9.97. The molecule has 5 heteroatoms. The minimum Gasteiger partial charge on any atom is -0.456 e. The number of carbonyl (C=O) groups is 3. The van der Waals surface area contributed by atoms with Crippen molar-refractivity contribution < 1.29 is 19.1 Å². The zero-order valence-corrected chi connectivity index (χ0v) is 15.0. The van der Waals surface area contributed by atoms with Gasteiger partial charge in [0.05, 0.1) is 0 Å². The molecule has 0 radical (unpaired) electrons. The number of hydrogen-bond acceptors (Lipinski definition) is 4. The van der Waals surface area contributed by atoms with Crippen LogP contribution >= 0.6 is 0 Å². The lowest BCUT2D eigenvalue weighted by Crippen LogP contribution is -2.31. The molecule has 2 rings (SSSR count). The van der Waals surface area contributed by atoms with Crippen molar-refractivity contribution >= 4 is 17.7 Å². The first-order chi connectivity index (χ1) is 12.5. The molecule has 0 bridgehead atoms. The Morgan fingerprint density at radius 2 is 1.62 bits per heavy atom. The van der Waals surface area contributed by atoms with E-state index in [1.165, 1.54) is 5.56 Å². The third-order valence-corrected chi connectivity index (χ3v) is 4.21. The van der Waals surface area contributed by atoms with Crippen LogP contribution in [0.15, 0.2) is 54.6 Å². The fraction of sp³-hybridized carbons (Fsp3) is 0.286. The second kappa shape index (κ2) is 9.51. The number of benzene rings is 2. The van der Waals surface area contributed by atoms with Gasteiger partial charge in [-0.05, 0) is 30.0 Å². The molecular formula is C21H23NO4. The number of hydrogen-bond donors (Lipinski definition) is 1. The highest BCUT2D eigenvalue weighted by molar-refractivity contribution is 5.98. The van der Waals surface area contributed by atoms with Crippen molar-refractivity contribution in [2.45, 2.75) is 26.2 Å². The Morgan fingerprint density at radius 3 is 2.23 bits per heavy atom. The fourth-order valence-electron chi connectivity index (χ4n) is 2.36. The molecule has 0 saturated heterocycles. The Kier molecular flexibility index (Phi) is 7.09. The van der Waals surface area contributed by atoms with Crippen molar-refractivity contribution in [2.24, 2.45) is 0 Å². The van der Waals surface area contributed by atoms with E-state index in [1.807, 2.05) is 12.1 Å². The van der Waals surface area contributed by atoms with Crippen LogP contribution in [-0.2, 0) is 9.53 Å². The van der Waals surface area contributed by atoms with Crippen LogP contribution < -0.4 is 5.32 Å². The van der Waals surface area contributed by atoms with Crippen LogP contribution in [0.3, 0.4) is 0 Å². The van der Waals surface area contributed by atoms with Crippen molar-refractivity contribution in [1.29, 1.82) is 0 Å². The molecule has 1 N–H and O–H groups in total. The maximum Gasteiger partial charge on any atom is 0.325 e. The monoisotopic (exact) mass is 353 g/mol. The number of ether oxygens (including phenoxy) is 1. The number of Topliss-reactive ketones (excluding diaryl/α,β-unsaturated/α-hetero) is 1. The third kappa shape index (κ3) is 5.55. The average Bonchev–Trinajstić information content (AvgIpc) is 2.70. The molecule has 1 amide bonds. The summed E-state index contributed by atoms with van der Waals surface area (Å²) in [6.45, 7) is 3.61. The second-order valence-corrected chi connectivity index (χ2v) is 6.06. The highest BCUT2D eigenvalue weighted by atomic mass is 16.5. The molecule has 0 aliphatic carbocycles. The molecule has 26 heavy (non-hydrogen) atoms. The summed E-state index contributed by atoms with van der Waals surface area (Å²) in [7, 11) is 0. The number of nitrogens with one attached hydrogen (secondary N) is 1. The molecule has 5 nitrogen and oxygen atoms in total. The topological polar surface area (TPSA) is 72.5 Å². The zero-order chi connectivity index (χ0) is 18.9. The fourth-order valence-corrected chi connectivity index (χ4v) is 2.36. The van der Waals surface area contributed by atoms with E-state index < -0.39 is 5.97 Å². The van der Waals surface area contributed by atoms with E-state index in [9.17, 15) is 14.4 Å². The first-order valence-corrected chi connectivity index (χ1v) is 8.63. The van der Waals surface area contributed by atoms with Crippen molar-refractivity contribution in [3.63, 3.8) is 0 Å². The number of rotatable bonds is 8. The van der Waals surface area contributed by atoms with Gasteiger partial charge in [0.1, 0.15) is 6.54 Å². The molecule has 0 unspecified atom stereocenters. The SMILES string of the molecule is CC[C@@H](C)c1ccc(C(=O)COC(=O)CNC(=O)c2ccccc2)cc1. The van der Waals surface area contributed by atoms with Gasteiger partial charge in [-0.2, -0.15) is 0 Å². The van der Waals surface area contributed by atoms with Crippen LogP contribution in [0.2, 0.25) is 0 Å². The highest BCUT2D eigenvalue weighted by Gasteiger charge is 2.12. The maximum atomic E-state index is 12.1. The largest absolute Gasteiger partial charge is 0.456 e. The summed E-state index contributed by atoms with van der Waals surface area (Å²) in [4.78, 5) is 35.6. The molecule has 2 aromatic rings. The summed E-state index contributed by atoms with van der Waals surface area (Å²) in [5.74, 6) is -0.859. The number of esters is 1. The van der Waals surface area contributed by atoms with Crippen molar-refractivity contribution in [2.75, 3.05) is 13.2 Å². The standard InChI is InChI=1S/C21H23NO4/c1-3-15(2)16-9-11-17(12-10-16)19(23)14-26-20(24)13-22-21(25)18-7-5-4-6-8-18/h4-12,15H,3,13-14H2,1-2H3,(H,22,25)/t15-/m1/s1. The van der Waals surface area contributed by atoms with E-state index in [0.29, 0.717) is 17.0 Å². The Labute approximate surface area is 153 Å². The van der Waals surface area contributed by atoms with Gasteiger partial charge in [0.2, 0.25) is 0 Å². The van der Waals surface area contributed by atoms with E-state index in [4.69, 9.17) is 4.74 Å². The number of ketones is 1. The van der Waals surface area contributed by atoms with Crippen LogP contribution in [0.4, 0.5) is 0 Å². The van der Waals surface area contributed by atoms with Gasteiger partial charge in [0.25, 0.3) is 5.91 Å². The molecule has 1 atom stereocenters.